The summed E-state index contributed by atoms with van der Waals surface area (Å²) < 4.78 is 18.7. The number of carboxylic acid groups (broad SMARTS) is 1. The van der Waals surface area contributed by atoms with Crippen molar-refractivity contribution < 1.29 is 19.0 Å². The summed E-state index contributed by atoms with van der Waals surface area (Å²) in [4.78, 5) is 11.0. The molecule has 100 valence electrons. The number of nitrogens with one attached hydrogen (secondary N) is 1. The van der Waals surface area contributed by atoms with Crippen LogP contribution >= 0.6 is 0 Å². The van der Waals surface area contributed by atoms with Crippen molar-refractivity contribution in [1.82, 2.24) is 0 Å². The number of rotatable bonds is 7. The van der Waals surface area contributed by atoms with Crippen LogP contribution in [0.1, 0.15) is 30.1 Å². The summed E-state index contributed by atoms with van der Waals surface area (Å²) in [6.45, 7) is 2.41. The summed E-state index contributed by atoms with van der Waals surface area (Å²) in [6.07, 6.45) is 1.68. The molecular weight excluding hydrogens is 237 g/mol. The van der Waals surface area contributed by atoms with Gasteiger partial charge in [-0.15, -0.1) is 0 Å². The van der Waals surface area contributed by atoms with Crippen LogP contribution in [0.25, 0.3) is 0 Å². The summed E-state index contributed by atoms with van der Waals surface area (Å²) >= 11 is 0. The van der Waals surface area contributed by atoms with Crippen LogP contribution in [0.3, 0.4) is 0 Å². The first-order valence-corrected chi connectivity index (χ1v) is 5.87. The summed E-state index contributed by atoms with van der Waals surface area (Å²) in [5.74, 6) is -1.71. The van der Waals surface area contributed by atoms with E-state index in [1.807, 2.05) is 6.92 Å². The van der Waals surface area contributed by atoms with Crippen molar-refractivity contribution in [3.63, 3.8) is 0 Å². The van der Waals surface area contributed by atoms with Gasteiger partial charge in [0.25, 0.3) is 0 Å². The molecule has 0 aromatic heterocycles. The van der Waals surface area contributed by atoms with Gasteiger partial charge in [0.05, 0.1) is 17.9 Å². The number of halogens is 1. The summed E-state index contributed by atoms with van der Waals surface area (Å²) in [5.41, 5.74) is -0.0345. The fourth-order valence-corrected chi connectivity index (χ4v) is 1.80. The van der Waals surface area contributed by atoms with E-state index in [2.05, 4.69) is 5.32 Å². The lowest BCUT2D eigenvalue weighted by molar-refractivity contribution is 0.0697. The first-order valence-electron chi connectivity index (χ1n) is 5.87. The molecule has 1 rings (SSSR count). The molecule has 0 saturated carbocycles. The zero-order valence-electron chi connectivity index (χ0n) is 10.6. The van der Waals surface area contributed by atoms with E-state index in [-0.39, 0.29) is 17.3 Å². The van der Waals surface area contributed by atoms with Gasteiger partial charge in [-0.1, -0.05) is 19.4 Å². The van der Waals surface area contributed by atoms with Crippen LogP contribution in [0, 0.1) is 5.82 Å². The van der Waals surface area contributed by atoms with Gasteiger partial charge in [-0.05, 0) is 18.6 Å². The van der Waals surface area contributed by atoms with E-state index in [0.29, 0.717) is 6.61 Å². The van der Waals surface area contributed by atoms with Crippen LogP contribution in [-0.4, -0.2) is 30.8 Å². The third-order valence-corrected chi connectivity index (χ3v) is 2.60. The number of carbonyl (C=O) groups is 1. The van der Waals surface area contributed by atoms with Crippen LogP contribution < -0.4 is 5.32 Å². The summed E-state index contributed by atoms with van der Waals surface area (Å²) in [5, 5.41) is 11.9. The summed E-state index contributed by atoms with van der Waals surface area (Å²) in [7, 11) is 1.56. The molecule has 18 heavy (non-hydrogen) atoms. The van der Waals surface area contributed by atoms with Crippen LogP contribution in [0.15, 0.2) is 18.2 Å². The molecule has 0 radical (unpaired) electrons. The Balaban J connectivity index is 2.96. The second-order valence-electron chi connectivity index (χ2n) is 4.05. The number of carboxylic acids is 1. The van der Waals surface area contributed by atoms with Crippen molar-refractivity contribution >= 4 is 11.7 Å². The molecular formula is C13H18FNO3. The average molecular weight is 255 g/mol. The first kappa shape index (κ1) is 14.4. The van der Waals surface area contributed by atoms with Gasteiger partial charge in [0.2, 0.25) is 0 Å². The normalized spacial score (nSPS) is 12.2. The highest BCUT2D eigenvalue weighted by Gasteiger charge is 2.17. The highest BCUT2D eigenvalue weighted by Crippen LogP contribution is 2.21. The first-order chi connectivity index (χ1) is 8.60. The lowest BCUT2D eigenvalue weighted by Gasteiger charge is -2.20. The van der Waals surface area contributed by atoms with Crippen molar-refractivity contribution in [2.45, 2.75) is 25.8 Å². The fourth-order valence-electron chi connectivity index (χ4n) is 1.80. The SMILES string of the molecule is CCCC(COC)Nc1c(F)cccc1C(=O)O. The molecule has 4 nitrogen and oxygen atoms in total. The third-order valence-electron chi connectivity index (χ3n) is 2.60. The van der Waals surface area contributed by atoms with Gasteiger partial charge in [0, 0.05) is 13.2 Å². The van der Waals surface area contributed by atoms with Crippen LogP contribution in [0.2, 0.25) is 0 Å². The van der Waals surface area contributed by atoms with Crippen LogP contribution in [0.4, 0.5) is 10.1 Å². The highest BCUT2D eigenvalue weighted by molar-refractivity contribution is 5.94. The van der Waals surface area contributed by atoms with Crippen molar-refractivity contribution in [1.29, 1.82) is 0 Å². The molecule has 5 heteroatoms. The fraction of sp³-hybridized carbons (Fsp3) is 0.462. The monoisotopic (exact) mass is 255 g/mol. The Hall–Kier alpha value is -1.62. The minimum atomic E-state index is -1.15. The molecule has 0 aliphatic rings. The van der Waals surface area contributed by atoms with Gasteiger partial charge in [-0.25, -0.2) is 9.18 Å². The lowest BCUT2D eigenvalue weighted by Crippen LogP contribution is -2.26. The van der Waals surface area contributed by atoms with Crippen molar-refractivity contribution in [2.75, 3.05) is 19.0 Å². The van der Waals surface area contributed by atoms with E-state index in [0.717, 1.165) is 12.8 Å². The van der Waals surface area contributed by atoms with Crippen molar-refractivity contribution in [3.8, 4) is 0 Å². The van der Waals surface area contributed by atoms with E-state index in [1.165, 1.54) is 18.2 Å². The largest absolute Gasteiger partial charge is 0.478 e. The predicted molar refractivity (Wildman–Crippen MR) is 67.6 cm³/mol. The van der Waals surface area contributed by atoms with Gasteiger partial charge in [0.15, 0.2) is 0 Å². The van der Waals surface area contributed by atoms with E-state index in [9.17, 15) is 9.18 Å². The van der Waals surface area contributed by atoms with Crippen molar-refractivity contribution in [3.05, 3.63) is 29.6 Å². The van der Waals surface area contributed by atoms with E-state index in [4.69, 9.17) is 9.84 Å². The van der Waals surface area contributed by atoms with Gasteiger partial charge in [-0.3, -0.25) is 0 Å². The second kappa shape index (κ2) is 6.96. The maximum absolute atomic E-state index is 13.7. The number of hydrogen-bond donors (Lipinski definition) is 2. The topological polar surface area (TPSA) is 58.6 Å². The molecule has 0 saturated heterocycles. The Labute approximate surface area is 106 Å². The van der Waals surface area contributed by atoms with E-state index in [1.54, 1.807) is 7.11 Å². The highest BCUT2D eigenvalue weighted by atomic mass is 19.1. The molecule has 0 aliphatic heterocycles. The minimum Gasteiger partial charge on any atom is -0.478 e. The summed E-state index contributed by atoms with van der Waals surface area (Å²) in [6, 6.07) is 3.90. The second-order valence-corrected chi connectivity index (χ2v) is 4.05. The standard InChI is InChI=1S/C13H18FNO3/c1-3-5-9(8-18-2)15-12-10(13(16)17)6-4-7-11(12)14/h4,6-7,9,15H,3,5,8H2,1-2H3,(H,16,17). The number of ether oxygens (including phenoxy) is 1. The van der Waals surface area contributed by atoms with Gasteiger partial charge in [0.1, 0.15) is 5.82 Å². The molecule has 1 aromatic carbocycles. The number of hydrogen-bond acceptors (Lipinski definition) is 3. The number of anilines is 1. The zero-order valence-corrected chi connectivity index (χ0v) is 10.6. The lowest BCUT2D eigenvalue weighted by atomic mass is 10.1. The van der Waals surface area contributed by atoms with E-state index >= 15 is 0 Å². The maximum Gasteiger partial charge on any atom is 0.337 e. The minimum absolute atomic E-state index is 0.0282. The molecule has 1 aromatic rings. The number of benzene rings is 1. The maximum atomic E-state index is 13.7. The quantitative estimate of drug-likeness (QED) is 0.786. The molecule has 0 spiro atoms. The van der Waals surface area contributed by atoms with Gasteiger partial charge >= 0.3 is 5.97 Å². The molecule has 1 unspecified atom stereocenters. The molecule has 0 heterocycles. The average Bonchev–Trinajstić information content (AvgIpc) is 2.32. The van der Waals surface area contributed by atoms with Crippen molar-refractivity contribution in [2.24, 2.45) is 0 Å². The van der Waals surface area contributed by atoms with Gasteiger partial charge < -0.3 is 15.2 Å². The number of aromatic carboxylic acids is 1. The Morgan fingerprint density at radius 3 is 2.83 bits per heavy atom. The van der Waals surface area contributed by atoms with E-state index < -0.39 is 11.8 Å². The Bertz CT molecular complexity index is 403. The smallest absolute Gasteiger partial charge is 0.337 e. The Morgan fingerprint density at radius 2 is 2.28 bits per heavy atom. The number of methoxy groups -OCH3 is 1. The van der Waals surface area contributed by atoms with Gasteiger partial charge in [-0.2, -0.15) is 0 Å². The Morgan fingerprint density at radius 1 is 1.56 bits per heavy atom. The molecule has 2 N–H and O–H groups in total. The molecule has 1 atom stereocenters. The molecule has 0 aliphatic carbocycles. The molecule has 0 fully saturated rings. The predicted octanol–water partition coefficient (Wildman–Crippen LogP) is 2.75. The molecule has 0 amide bonds. The van der Waals surface area contributed by atoms with Crippen LogP contribution in [0.5, 0.6) is 0 Å². The zero-order chi connectivity index (χ0) is 13.5. The third kappa shape index (κ3) is 3.70. The van der Waals surface area contributed by atoms with Crippen LogP contribution in [-0.2, 0) is 4.74 Å². The number of para-hydroxylation sites is 1. The molecule has 0 bridgehead atoms. The Kier molecular flexibility index (Phi) is 5.58.